The molecule has 0 unspecified atom stereocenters. The molecule has 3 N–H and O–H groups in total. The van der Waals surface area contributed by atoms with Gasteiger partial charge < -0.3 is 15.6 Å². The summed E-state index contributed by atoms with van der Waals surface area (Å²) < 4.78 is 1.87. The minimum absolute atomic E-state index is 0.0424. The number of rotatable bonds is 2. The number of nitrogens with zero attached hydrogens (tertiary/aromatic N) is 2. The first-order chi connectivity index (χ1) is 7.61. The van der Waals surface area contributed by atoms with E-state index in [1.54, 1.807) is 7.05 Å². The van der Waals surface area contributed by atoms with Gasteiger partial charge in [-0.25, -0.2) is 4.98 Å². The minimum Gasteiger partial charge on any atom is -0.399 e. The van der Waals surface area contributed by atoms with Crippen molar-refractivity contribution in [2.75, 3.05) is 12.8 Å². The van der Waals surface area contributed by atoms with Crippen molar-refractivity contribution in [2.24, 2.45) is 0 Å². The second-order valence-corrected chi connectivity index (χ2v) is 3.67. The van der Waals surface area contributed by atoms with Gasteiger partial charge in [-0.3, -0.25) is 4.79 Å². The van der Waals surface area contributed by atoms with E-state index >= 15 is 0 Å². The summed E-state index contributed by atoms with van der Waals surface area (Å²) in [6, 6.07) is 5.50. The van der Waals surface area contributed by atoms with Gasteiger partial charge in [-0.05, 0) is 25.1 Å². The van der Waals surface area contributed by atoms with Gasteiger partial charge in [0.2, 0.25) is 5.91 Å². The third kappa shape index (κ3) is 1.71. The van der Waals surface area contributed by atoms with E-state index < -0.39 is 0 Å². The van der Waals surface area contributed by atoms with Gasteiger partial charge in [0, 0.05) is 12.7 Å². The van der Waals surface area contributed by atoms with Crippen molar-refractivity contribution < 1.29 is 4.79 Å². The molecule has 1 aromatic carbocycles. The minimum atomic E-state index is -0.0424. The van der Waals surface area contributed by atoms with Gasteiger partial charge in [-0.2, -0.15) is 0 Å². The van der Waals surface area contributed by atoms with Crippen LogP contribution in [0.1, 0.15) is 5.82 Å². The normalized spacial score (nSPS) is 10.6. The highest BCUT2D eigenvalue weighted by molar-refractivity contribution is 5.82. The first-order valence-corrected chi connectivity index (χ1v) is 5.05. The maximum atomic E-state index is 11.4. The summed E-state index contributed by atoms with van der Waals surface area (Å²) in [6.45, 7) is 2.15. The van der Waals surface area contributed by atoms with Crippen LogP contribution in [0.25, 0.3) is 11.0 Å². The summed E-state index contributed by atoms with van der Waals surface area (Å²) in [5.74, 6) is 0.767. The Bertz CT molecular complexity index is 544. The highest BCUT2D eigenvalue weighted by atomic mass is 16.1. The molecule has 84 valence electrons. The smallest absolute Gasteiger partial charge is 0.239 e. The molecule has 0 spiro atoms. The van der Waals surface area contributed by atoms with Crippen molar-refractivity contribution in [3.05, 3.63) is 24.0 Å². The molecule has 16 heavy (non-hydrogen) atoms. The largest absolute Gasteiger partial charge is 0.399 e. The number of imidazole rings is 1. The van der Waals surface area contributed by atoms with Crippen LogP contribution in [-0.4, -0.2) is 22.5 Å². The standard InChI is InChI=1S/C11H14N4O/c1-7-14-9-5-8(12)3-4-10(9)15(7)6-11(16)13-2/h3-5H,6,12H2,1-2H3,(H,13,16). The average molecular weight is 218 g/mol. The van der Waals surface area contributed by atoms with Crippen molar-refractivity contribution in [2.45, 2.75) is 13.5 Å². The first kappa shape index (κ1) is 10.5. The van der Waals surface area contributed by atoms with Crippen LogP contribution in [0.4, 0.5) is 5.69 Å². The predicted octanol–water partition coefficient (Wildman–Crippen LogP) is 0.673. The number of aromatic nitrogens is 2. The number of benzene rings is 1. The van der Waals surface area contributed by atoms with E-state index in [1.807, 2.05) is 29.7 Å². The lowest BCUT2D eigenvalue weighted by molar-refractivity contribution is -0.121. The number of hydrogen-bond acceptors (Lipinski definition) is 3. The zero-order valence-electron chi connectivity index (χ0n) is 9.32. The Kier molecular flexibility index (Phi) is 2.52. The second-order valence-electron chi connectivity index (χ2n) is 3.67. The SMILES string of the molecule is CNC(=O)Cn1c(C)nc2cc(N)ccc21. The number of nitrogens with one attached hydrogen (secondary N) is 1. The zero-order valence-corrected chi connectivity index (χ0v) is 9.32. The predicted molar refractivity (Wildman–Crippen MR) is 62.9 cm³/mol. The van der Waals surface area contributed by atoms with Gasteiger partial charge in [0.25, 0.3) is 0 Å². The Morgan fingerprint density at radius 3 is 3.00 bits per heavy atom. The van der Waals surface area contributed by atoms with E-state index in [1.165, 1.54) is 0 Å². The van der Waals surface area contributed by atoms with Gasteiger partial charge in [-0.1, -0.05) is 0 Å². The molecule has 0 bridgehead atoms. The summed E-state index contributed by atoms with van der Waals surface area (Å²) in [6.07, 6.45) is 0. The lowest BCUT2D eigenvalue weighted by Gasteiger charge is -2.05. The van der Waals surface area contributed by atoms with E-state index in [4.69, 9.17) is 5.73 Å². The summed E-state index contributed by atoms with van der Waals surface area (Å²) in [4.78, 5) is 15.7. The molecule has 2 rings (SSSR count). The molecule has 0 fully saturated rings. The molecular formula is C11H14N4O. The molecule has 0 aliphatic rings. The Balaban J connectivity index is 2.52. The maximum Gasteiger partial charge on any atom is 0.239 e. The lowest BCUT2D eigenvalue weighted by atomic mass is 10.3. The quantitative estimate of drug-likeness (QED) is 0.728. The number of hydrogen-bond donors (Lipinski definition) is 2. The van der Waals surface area contributed by atoms with Crippen LogP contribution in [0.2, 0.25) is 0 Å². The fourth-order valence-electron chi connectivity index (χ4n) is 1.69. The topological polar surface area (TPSA) is 72.9 Å². The number of fused-ring (bicyclic) bond motifs is 1. The highest BCUT2D eigenvalue weighted by Crippen LogP contribution is 2.18. The summed E-state index contributed by atoms with van der Waals surface area (Å²) in [5, 5.41) is 2.59. The first-order valence-electron chi connectivity index (χ1n) is 5.05. The van der Waals surface area contributed by atoms with Crippen molar-refractivity contribution in [1.82, 2.24) is 14.9 Å². The Morgan fingerprint density at radius 1 is 1.56 bits per heavy atom. The molecule has 5 heteroatoms. The summed E-state index contributed by atoms with van der Waals surface area (Å²) in [7, 11) is 1.62. The van der Waals surface area contributed by atoms with Crippen molar-refractivity contribution >= 4 is 22.6 Å². The second kappa shape index (κ2) is 3.84. The van der Waals surface area contributed by atoms with Crippen LogP contribution in [0, 0.1) is 6.92 Å². The summed E-state index contributed by atoms with van der Waals surface area (Å²) in [5.41, 5.74) is 8.11. The molecule has 0 atom stereocenters. The Labute approximate surface area is 93.3 Å². The molecule has 0 aliphatic heterocycles. The highest BCUT2D eigenvalue weighted by Gasteiger charge is 2.09. The number of nitrogens with two attached hydrogens (primary N) is 1. The molecule has 0 aliphatic carbocycles. The zero-order chi connectivity index (χ0) is 11.7. The van der Waals surface area contributed by atoms with Crippen molar-refractivity contribution in [3.63, 3.8) is 0 Å². The van der Waals surface area contributed by atoms with Crippen LogP contribution in [0.3, 0.4) is 0 Å². The lowest BCUT2D eigenvalue weighted by Crippen LogP contribution is -2.23. The fraction of sp³-hybridized carbons (Fsp3) is 0.273. The fourth-order valence-corrected chi connectivity index (χ4v) is 1.69. The van der Waals surface area contributed by atoms with Gasteiger partial charge in [0.1, 0.15) is 12.4 Å². The number of likely N-dealkylation sites (N-methyl/N-ethyl adjacent to an activating group) is 1. The molecule has 1 amide bonds. The van der Waals surface area contributed by atoms with Crippen LogP contribution < -0.4 is 11.1 Å². The third-order valence-corrected chi connectivity index (χ3v) is 2.54. The Morgan fingerprint density at radius 2 is 2.31 bits per heavy atom. The molecule has 1 heterocycles. The van der Waals surface area contributed by atoms with Gasteiger partial charge >= 0.3 is 0 Å². The summed E-state index contributed by atoms with van der Waals surface area (Å²) >= 11 is 0. The number of carbonyl (C=O) groups excluding carboxylic acids is 1. The monoisotopic (exact) mass is 218 g/mol. The van der Waals surface area contributed by atoms with Crippen LogP contribution >= 0.6 is 0 Å². The van der Waals surface area contributed by atoms with E-state index in [2.05, 4.69) is 10.3 Å². The van der Waals surface area contributed by atoms with E-state index in [0.29, 0.717) is 5.69 Å². The van der Waals surface area contributed by atoms with E-state index in [-0.39, 0.29) is 12.5 Å². The number of anilines is 1. The van der Waals surface area contributed by atoms with Gasteiger partial charge in [0.15, 0.2) is 0 Å². The molecule has 0 saturated heterocycles. The van der Waals surface area contributed by atoms with Crippen LogP contribution in [-0.2, 0) is 11.3 Å². The molecule has 0 saturated carbocycles. The van der Waals surface area contributed by atoms with Crippen molar-refractivity contribution in [3.8, 4) is 0 Å². The third-order valence-electron chi connectivity index (χ3n) is 2.54. The van der Waals surface area contributed by atoms with Crippen molar-refractivity contribution in [1.29, 1.82) is 0 Å². The van der Waals surface area contributed by atoms with E-state index in [0.717, 1.165) is 16.9 Å². The molecule has 2 aromatic rings. The van der Waals surface area contributed by atoms with Crippen LogP contribution in [0.5, 0.6) is 0 Å². The maximum absolute atomic E-state index is 11.4. The number of nitrogen functional groups attached to an aromatic ring is 1. The van der Waals surface area contributed by atoms with Gasteiger partial charge in [0.05, 0.1) is 11.0 Å². The Hall–Kier alpha value is -2.04. The number of amides is 1. The molecule has 5 nitrogen and oxygen atoms in total. The van der Waals surface area contributed by atoms with E-state index in [9.17, 15) is 4.79 Å². The number of aryl methyl sites for hydroxylation is 1. The van der Waals surface area contributed by atoms with Gasteiger partial charge in [-0.15, -0.1) is 0 Å². The van der Waals surface area contributed by atoms with Crippen LogP contribution in [0.15, 0.2) is 18.2 Å². The number of carbonyl (C=O) groups is 1. The molecular weight excluding hydrogens is 204 g/mol. The molecule has 1 aromatic heterocycles. The average Bonchev–Trinajstić information content (AvgIpc) is 2.54. The molecule has 0 radical (unpaired) electrons.